The van der Waals surface area contributed by atoms with Crippen LogP contribution in [-0.2, 0) is 4.79 Å². The number of hydrogen-bond acceptors (Lipinski definition) is 5. The number of nitrogens with zero attached hydrogens (tertiary/aromatic N) is 4. The Kier molecular flexibility index (Phi) is 6.46. The molecule has 192 valence electrons. The fourth-order valence-corrected chi connectivity index (χ4v) is 4.95. The zero-order valence-corrected chi connectivity index (χ0v) is 20.7. The number of para-hydroxylation sites is 1. The number of aryl methyl sites for hydroxylation is 1. The first-order valence-electron chi connectivity index (χ1n) is 12.1. The second-order valence-corrected chi connectivity index (χ2v) is 8.94. The number of nitro benzene ring substituents is 1. The number of nitro groups is 1. The molecule has 0 bridgehead atoms. The summed E-state index contributed by atoms with van der Waals surface area (Å²) in [6.07, 6.45) is 0. The van der Waals surface area contributed by atoms with E-state index in [-0.39, 0.29) is 17.2 Å². The highest BCUT2D eigenvalue weighted by Gasteiger charge is 2.45. The SMILES string of the molecule is CCN1C(=O)[C@@H](NC(=O)c2cccc([N+](=O)[O-])c2)[C@@H](c2ccc(F)cc2)c2c(C)nn(-c3ccccc3)c21. The first-order valence-corrected chi connectivity index (χ1v) is 12.1. The number of hydrogen-bond donors (Lipinski definition) is 1. The fourth-order valence-electron chi connectivity index (χ4n) is 4.95. The molecule has 1 aromatic heterocycles. The van der Waals surface area contributed by atoms with E-state index in [9.17, 15) is 24.1 Å². The molecule has 0 aliphatic carbocycles. The maximum atomic E-state index is 14.0. The molecule has 1 N–H and O–H groups in total. The number of anilines is 1. The normalized spacial score (nSPS) is 16.7. The van der Waals surface area contributed by atoms with Crippen LogP contribution in [0, 0.1) is 22.9 Å². The van der Waals surface area contributed by atoms with Crippen molar-refractivity contribution in [3.8, 4) is 5.69 Å². The van der Waals surface area contributed by atoms with Crippen molar-refractivity contribution in [2.24, 2.45) is 0 Å². The van der Waals surface area contributed by atoms with Crippen LogP contribution in [0.1, 0.15) is 40.0 Å². The summed E-state index contributed by atoms with van der Waals surface area (Å²) >= 11 is 0. The Morgan fingerprint density at radius 2 is 1.79 bits per heavy atom. The van der Waals surface area contributed by atoms with E-state index in [1.54, 1.807) is 21.7 Å². The van der Waals surface area contributed by atoms with E-state index in [2.05, 4.69) is 5.32 Å². The molecule has 38 heavy (non-hydrogen) atoms. The van der Waals surface area contributed by atoms with Gasteiger partial charge < -0.3 is 5.32 Å². The number of rotatable bonds is 6. The summed E-state index contributed by atoms with van der Waals surface area (Å²) in [5.41, 5.74) is 2.58. The van der Waals surface area contributed by atoms with Gasteiger partial charge in [0.1, 0.15) is 17.7 Å². The van der Waals surface area contributed by atoms with E-state index in [0.29, 0.717) is 23.6 Å². The van der Waals surface area contributed by atoms with Crippen LogP contribution in [0.2, 0.25) is 0 Å². The van der Waals surface area contributed by atoms with Gasteiger partial charge in [-0.15, -0.1) is 0 Å². The van der Waals surface area contributed by atoms with E-state index >= 15 is 0 Å². The molecule has 10 heteroatoms. The summed E-state index contributed by atoms with van der Waals surface area (Å²) in [5.74, 6) is -1.53. The Bertz CT molecular complexity index is 1530. The highest BCUT2D eigenvalue weighted by atomic mass is 19.1. The van der Waals surface area contributed by atoms with Crippen LogP contribution < -0.4 is 10.2 Å². The number of carbonyl (C=O) groups excluding carboxylic acids is 2. The van der Waals surface area contributed by atoms with Gasteiger partial charge in [-0.25, -0.2) is 9.07 Å². The van der Waals surface area contributed by atoms with Crippen molar-refractivity contribution < 1.29 is 18.9 Å². The summed E-state index contributed by atoms with van der Waals surface area (Å²) in [7, 11) is 0. The summed E-state index contributed by atoms with van der Waals surface area (Å²) in [5, 5.41) is 18.8. The molecule has 1 aliphatic heterocycles. The van der Waals surface area contributed by atoms with E-state index in [0.717, 1.165) is 17.3 Å². The topological polar surface area (TPSA) is 110 Å². The number of benzene rings is 3. The Labute approximate surface area is 217 Å². The number of halogens is 1. The quantitative estimate of drug-likeness (QED) is 0.301. The van der Waals surface area contributed by atoms with Crippen LogP contribution in [0.25, 0.3) is 5.69 Å². The minimum Gasteiger partial charge on any atom is -0.339 e. The van der Waals surface area contributed by atoms with Gasteiger partial charge in [-0.1, -0.05) is 36.4 Å². The Hall–Kier alpha value is -4.86. The second-order valence-electron chi connectivity index (χ2n) is 8.94. The van der Waals surface area contributed by atoms with E-state index < -0.39 is 28.6 Å². The third kappa shape index (κ3) is 4.30. The summed E-state index contributed by atoms with van der Waals surface area (Å²) in [6, 6.07) is 19.4. The maximum Gasteiger partial charge on any atom is 0.270 e. The summed E-state index contributed by atoms with van der Waals surface area (Å²) in [6.45, 7) is 3.97. The number of likely N-dealkylation sites (N-methyl/N-ethyl adjacent to an activating group) is 1. The second kappa shape index (κ2) is 9.89. The lowest BCUT2D eigenvalue weighted by atomic mass is 9.81. The molecule has 5 rings (SSSR count). The molecule has 2 amide bonds. The van der Waals surface area contributed by atoms with Gasteiger partial charge in [0.25, 0.3) is 17.5 Å². The van der Waals surface area contributed by atoms with Crippen molar-refractivity contribution in [3.05, 3.63) is 117 Å². The van der Waals surface area contributed by atoms with Crippen molar-refractivity contribution in [1.82, 2.24) is 15.1 Å². The van der Waals surface area contributed by atoms with Crippen molar-refractivity contribution in [1.29, 1.82) is 0 Å². The Morgan fingerprint density at radius 3 is 2.45 bits per heavy atom. The average Bonchev–Trinajstić information content (AvgIpc) is 3.26. The zero-order chi connectivity index (χ0) is 27.0. The van der Waals surface area contributed by atoms with Crippen LogP contribution in [0.15, 0.2) is 78.9 Å². The number of aromatic nitrogens is 2. The number of nitrogens with one attached hydrogen (secondary N) is 1. The molecular formula is C28H24FN5O4. The zero-order valence-electron chi connectivity index (χ0n) is 20.7. The highest BCUT2D eigenvalue weighted by Crippen LogP contribution is 2.43. The lowest BCUT2D eigenvalue weighted by Gasteiger charge is -2.38. The van der Waals surface area contributed by atoms with Gasteiger partial charge in [0.05, 0.1) is 16.3 Å². The average molecular weight is 514 g/mol. The van der Waals surface area contributed by atoms with Gasteiger partial charge in [-0.2, -0.15) is 5.10 Å². The predicted octanol–water partition coefficient (Wildman–Crippen LogP) is 4.53. The molecule has 0 fully saturated rings. The third-order valence-corrected chi connectivity index (χ3v) is 6.67. The number of carbonyl (C=O) groups is 2. The first kappa shape index (κ1) is 24.8. The lowest BCUT2D eigenvalue weighted by molar-refractivity contribution is -0.384. The van der Waals surface area contributed by atoms with Crippen LogP contribution >= 0.6 is 0 Å². The van der Waals surface area contributed by atoms with Crippen LogP contribution in [0.3, 0.4) is 0 Å². The largest absolute Gasteiger partial charge is 0.339 e. The number of amides is 2. The summed E-state index contributed by atoms with van der Waals surface area (Å²) in [4.78, 5) is 39.5. The molecule has 3 aromatic carbocycles. The minimum atomic E-state index is -1.06. The molecule has 2 atom stereocenters. The first-order chi connectivity index (χ1) is 18.3. The smallest absolute Gasteiger partial charge is 0.270 e. The standard InChI is InChI=1S/C28H24FN5O4/c1-3-32-27-23(17(2)31-33(27)21-9-5-4-6-10-21)24(18-12-14-20(29)15-13-18)25(28(32)36)30-26(35)19-8-7-11-22(16-19)34(37)38/h4-16,24-25H,3H2,1-2H3,(H,30,35)/t24-,25-/m0/s1. The molecule has 0 saturated carbocycles. The van der Waals surface area contributed by atoms with Crippen LogP contribution in [-0.4, -0.2) is 39.1 Å². The summed E-state index contributed by atoms with van der Waals surface area (Å²) < 4.78 is 15.6. The van der Waals surface area contributed by atoms with Crippen molar-refractivity contribution in [3.63, 3.8) is 0 Å². The van der Waals surface area contributed by atoms with Crippen LogP contribution in [0.5, 0.6) is 0 Å². The van der Waals surface area contributed by atoms with Gasteiger partial charge in [-0.3, -0.25) is 24.6 Å². The minimum absolute atomic E-state index is 0.0513. The maximum absolute atomic E-state index is 14.0. The monoisotopic (exact) mass is 513 g/mol. The molecule has 2 heterocycles. The van der Waals surface area contributed by atoms with Gasteiger partial charge >= 0.3 is 0 Å². The lowest BCUT2D eigenvalue weighted by Crippen LogP contribution is -2.55. The van der Waals surface area contributed by atoms with E-state index in [4.69, 9.17) is 5.10 Å². The van der Waals surface area contributed by atoms with E-state index in [1.165, 1.54) is 30.3 Å². The molecule has 9 nitrogen and oxygen atoms in total. The molecule has 0 saturated heterocycles. The number of fused-ring (bicyclic) bond motifs is 1. The number of non-ortho nitro benzene ring substituents is 1. The Balaban J connectivity index is 1.66. The molecule has 0 radical (unpaired) electrons. The van der Waals surface area contributed by atoms with Gasteiger partial charge in [0.15, 0.2) is 0 Å². The van der Waals surface area contributed by atoms with Crippen molar-refractivity contribution in [2.75, 3.05) is 11.4 Å². The molecule has 0 unspecified atom stereocenters. The Morgan fingerprint density at radius 1 is 1.08 bits per heavy atom. The molecule has 4 aromatic rings. The molecule has 1 aliphatic rings. The highest BCUT2D eigenvalue weighted by molar-refractivity contribution is 6.05. The molecule has 0 spiro atoms. The predicted molar refractivity (Wildman–Crippen MR) is 139 cm³/mol. The van der Waals surface area contributed by atoms with Crippen molar-refractivity contribution >= 4 is 23.3 Å². The van der Waals surface area contributed by atoms with Gasteiger partial charge in [0, 0.05) is 35.7 Å². The van der Waals surface area contributed by atoms with Gasteiger partial charge in [-0.05, 0) is 49.7 Å². The third-order valence-electron chi connectivity index (χ3n) is 6.67. The van der Waals surface area contributed by atoms with Gasteiger partial charge in [0.2, 0.25) is 0 Å². The fraction of sp³-hybridized carbons (Fsp3) is 0.179. The van der Waals surface area contributed by atoms with Crippen molar-refractivity contribution in [2.45, 2.75) is 25.8 Å². The molecular weight excluding hydrogens is 489 g/mol. The van der Waals surface area contributed by atoms with Crippen LogP contribution in [0.4, 0.5) is 15.9 Å². The van der Waals surface area contributed by atoms with E-state index in [1.807, 2.05) is 44.2 Å².